The molecule has 120 valence electrons. The molecular weight excluding hydrogens is 330 g/mol. The third-order valence-corrected chi connectivity index (χ3v) is 4.45. The largest absolute Gasteiger partial charge is 0.355 e. The summed E-state index contributed by atoms with van der Waals surface area (Å²) >= 11 is 7.48. The summed E-state index contributed by atoms with van der Waals surface area (Å²) < 4.78 is 0. The minimum absolute atomic E-state index is 0.00344. The number of thioether (sulfide) groups is 1. The van der Waals surface area contributed by atoms with Crippen LogP contribution in [0.4, 0.5) is 0 Å². The summed E-state index contributed by atoms with van der Waals surface area (Å²) in [5.41, 5.74) is 0.651. The van der Waals surface area contributed by atoms with Gasteiger partial charge in [-0.05, 0) is 24.3 Å². The molecule has 0 unspecified atom stereocenters. The Kier molecular flexibility index (Phi) is 7.17. The molecule has 0 atom stereocenters. The number of hydrogen-bond acceptors (Lipinski definition) is 3. The van der Waals surface area contributed by atoms with E-state index in [1.54, 1.807) is 23.9 Å². The summed E-state index contributed by atoms with van der Waals surface area (Å²) in [7, 11) is 0. The number of benzene rings is 2. The normalized spacial score (nSPS) is 10.3. The van der Waals surface area contributed by atoms with Crippen LogP contribution in [0.25, 0.3) is 0 Å². The van der Waals surface area contributed by atoms with Crippen LogP contribution in [0, 0.1) is 0 Å². The summed E-state index contributed by atoms with van der Waals surface area (Å²) in [5.74, 6) is 0.683. The maximum absolute atomic E-state index is 11.9. The van der Waals surface area contributed by atoms with Crippen molar-refractivity contribution in [1.29, 1.82) is 0 Å². The van der Waals surface area contributed by atoms with Crippen molar-refractivity contribution >= 4 is 35.1 Å². The van der Waals surface area contributed by atoms with Crippen molar-refractivity contribution in [2.75, 3.05) is 12.3 Å². The molecule has 5 heteroatoms. The number of Topliss-reactive ketones (excluding diaryl/α,β-unsaturated/α-hetero) is 1. The molecule has 0 aliphatic carbocycles. The van der Waals surface area contributed by atoms with E-state index in [1.165, 1.54) is 0 Å². The van der Waals surface area contributed by atoms with Gasteiger partial charge in [0.1, 0.15) is 0 Å². The molecular formula is C18H18ClNO2S. The van der Waals surface area contributed by atoms with Crippen molar-refractivity contribution < 1.29 is 9.59 Å². The lowest BCUT2D eigenvalue weighted by atomic mass is 10.1. The van der Waals surface area contributed by atoms with Crippen LogP contribution in [0.3, 0.4) is 0 Å². The molecule has 3 nitrogen and oxygen atoms in total. The van der Waals surface area contributed by atoms with Crippen LogP contribution in [0.5, 0.6) is 0 Å². The van der Waals surface area contributed by atoms with Crippen LogP contribution in [0.2, 0.25) is 5.02 Å². The molecule has 1 N–H and O–H groups in total. The number of ketones is 1. The highest BCUT2D eigenvalue weighted by Gasteiger charge is 2.08. The minimum Gasteiger partial charge on any atom is -0.355 e. The molecule has 0 fully saturated rings. The van der Waals surface area contributed by atoms with Gasteiger partial charge >= 0.3 is 0 Å². The number of nitrogens with one attached hydrogen (secondary N) is 1. The molecule has 0 aromatic heterocycles. The fourth-order valence-electron chi connectivity index (χ4n) is 1.97. The SMILES string of the molecule is O=C(CCC(=O)c1ccccc1)NCCSc1ccc(Cl)cc1. The molecule has 0 saturated carbocycles. The molecule has 0 saturated heterocycles. The summed E-state index contributed by atoms with van der Waals surface area (Å²) in [4.78, 5) is 24.8. The van der Waals surface area contributed by atoms with E-state index < -0.39 is 0 Å². The van der Waals surface area contributed by atoms with E-state index in [0.29, 0.717) is 17.1 Å². The Morgan fingerprint density at radius 3 is 2.35 bits per heavy atom. The first-order valence-electron chi connectivity index (χ1n) is 7.38. The topological polar surface area (TPSA) is 46.2 Å². The van der Waals surface area contributed by atoms with E-state index in [4.69, 9.17) is 11.6 Å². The van der Waals surface area contributed by atoms with Crippen molar-refractivity contribution in [2.24, 2.45) is 0 Å². The van der Waals surface area contributed by atoms with Crippen LogP contribution in [-0.2, 0) is 4.79 Å². The fourth-order valence-corrected chi connectivity index (χ4v) is 2.87. The molecule has 0 aliphatic heterocycles. The van der Waals surface area contributed by atoms with Gasteiger partial charge in [0, 0.05) is 40.6 Å². The number of hydrogen-bond donors (Lipinski definition) is 1. The predicted octanol–water partition coefficient (Wildman–Crippen LogP) is 4.21. The van der Waals surface area contributed by atoms with Crippen LogP contribution < -0.4 is 5.32 Å². The van der Waals surface area contributed by atoms with Gasteiger partial charge in [-0.25, -0.2) is 0 Å². The van der Waals surface area contributed by atoms with Crippen molar-refractivity contribution in [3.63, 3.8) is 0 Å². The summed E-state index contributed by atoms with van der Waals surface area (Å²) in [5, 5.41) is 3.55. The first-order valence-corrected chi connectivity index (χ1v) is 8.75. The Bertz CT molecular complexity index is 644. The predicted molar refractivity (Wildman–Crippen MR) is 95.2 cm³/mol. The van der Waals surface area contributed by atoms with Crippen molar-refractivity contribution in [1.82, 2.24) is 5.32 Å². The molecule has 23 heavy (non-hydrogen) atoms. The zero-order valence-electron chi connectivity index (χ0n) is 12.6. The van der Waals surface area contributed by atoms with Gasteiger partial charge in [0.25, 0.3) is 0 Å². The van der Waals surface area contributed by atoms with E-state index >= 15 is 0 Å². The lowest BCUT2D eigenvalue weighted by Crippen LogP contribution is -2.26. The minimum atomic E-state index is -0.0917. The van der Waals surface area contributed by atoms with Crippen LogP contribution >= 0.6 is 23.4 Å². The number of carbonyl (C=O) groups excluding carboxylic acids is 2. The zero-order valence-corrected chi connectivity index (χ0v) is 14.2. The monoisotopic (exact) mass is 347 g/mol. The highest BCUT2D eigenvalue weighted by Crippen LogP contribution is 2.19. The lowest BCUT2D eigenvalue weighted by molar-refractivity contribution is -0.120. The summed E-state index contributed by atoms with van der Waals surface area (Å²) in [6, 6.07) is 16.6. The quantitative estimate of drug-likeness (QED) is 0.442. The van der Waals surface area contributed by atoms with Crippen LogP contribution in [-0.4, -0.2) is 24.0 Å². The van der Waals surface area contributed by atoms with Gasteiger partial charge in [-0.1, -0.05) is 41.9 Å². The molecule has 2 aromatic rings. The highest BCUT2D eigenvalue weighted by molar-refractivity contribution is 7.99. The molecule has 0 heterocycles. The molecule has 0 bridgehead atoms. The Balaban J connectivity index is 1.62. The Morgan fingerprint density at radius 1 is 0.957 bits per heavy atom. The first-order chi connectivity index (χ1) is 11.1. The van der Waals surface area contributed by atoms with Gasteiger partial charge in [-0.3, -0.25) is 9.59 Å². The Labute approximate surface area is 145 Å². The van der Waals surface area contributed by atoms with Gasteiger partial charge in [0.2, 0.25) is 5.91 Å². The summed E-state index contributed by atoms with van der Waals surface area (Å²) in [6.07, 6.45) is 0.458. The van der Waals surface area contributed by atoms with E-state index in [0.717, 1.165) is 10.6 Å². The third kappa shape index (κ3) is 6.47. The number of amides is 1. The van der Waals surface area contributed by atoms with E-state index in [1.807, 2.05) is 42.5 Å². The number of halogens is 1. The second-order valence-corrected chi connectivity index (χ2v) is 6.55. The molecule has 1 amide bonds. The molecule has 0 spiro atoms. The number of rotatable bonds is 8. The van der Waals surface area contributed by atoms with Gasteiger partial charge in [-0.2, -0.15) is 0 Å². The van der Waals surface area contributed by atoms with Crippen LogP contribution in [0.15, 0.2) is 59.5 Å². The maximum Gasteiger partial charge on any atom is 0.220 e. The second-order valence-electron chi connectivity index (χ2n) is 4.94. The second kappa shape index (κ2) is 9.38. The van der Waals surface area contributed by atoms with Gasteiger partial charge in [-0.15, -0.1) is 11.8 Å². The third-order valence-electron chi connectivity index (χ3n) is 3.18. The molecule has 0 radical (unpaired) electrons. The van der Waals surface area contributed by atoms with Crippen LogP contribution in [0.1, 0.15) is 23.2 Å². The van der Waals surface area contributed by atoms with E-state index in [2.05, 4.69) is 5.32 Å². The van der Waals surface area contributed by atoms with E-state index in [-0.39, 0.29) is 24.5 Å². The number of carbonyl (C=O) groups is 2. The maximum atomic E-state index is 11.9. The highest BCUT2D eigenvalue weighted by atomic mass is 35.5. The van der Waals surface area contributed by atoms with E-state index in [9.17, 15) is 9.59 Å². The molecule has 2 rings (SSSR count). The Morgan fingerprint density at radius 2 is 1.65 bits per heavy atom. The standard InChI is InChI=1S/C18H18ClNO2S/c19-15-6-8-16(9-7-15)23-13-12-20-18(22)11-10-17(21)14-4-2-1-3-5-14/h1-9H,10-13H2,(H,20,22). The molecule has 0 aliphatic rings. The van der Waals surface area contributed by atoms with Crippen molar-refractivity contribution in [3.05, 3.63) is 65.2 Å². The zero-order chi connectivity index (χ0) is 16.5. The van der Waals surface area contributed by atoms with Crippen molar-refractivity contribution in [3.8, 4) is 0 Å². The average Bonchev–Trinajstić information content (AvgIpc) is 2.59. The van der Waals surface area contributed by atoms with Crippen molar-refractivity contribution in [2.45, 2.75) is 17.7 Å². The van der Waals surface area contributed by atoms with Gasteiger partial charge in [0.05, 0.1) is 0 Å². The average molecular weight is 348 g/mol. The van der Waals surface area contributed by atoms with Gasteiger partial charge in [0.15, 0.2) is 5.78 Å². The lowest BCUT2D eigenvalue weighted by Gasteiger charge is -2.05. The fraction of sp³-hybridized carbons (Fsp3) is 0.222. The Hall–Kier alpha value is -1.78. The van der Waals surface area contributed by atoms with Gasteiger partial charge < -0.3 is 5.32 Å². The smallest absolute Gasteiger partial charge is 0.220 e. The first kappa shape index (κ1) is 17.6. The molecule has 2 aromatic carbocycles. The summed E-state index contributed by atoms with van der Waals surface area (Å²) in [6.45, 7) is 0.575.